The van der Waals surface area contributed by atoms with Crippen LogP contribution in [0.1, 0.15) is 20.8 Å². The Hall–Kier alpha value is -0.740. The van der Waals surface area contributed by atoms with Crippen molar-refractivity contribution < 1.29 is 5.11 Å². The number of rotatable bonds is 1. The van der Waals surface area contributed by atoms with Gasteiger partial charge in [0.05, 0.1) is 0 Å². The third-order valence-electron chi connectivity index (χ3n) is 1.06. The van der Waals surface area contributed by atoms with Gasteiger partial charge in [-0.3, -0.25) is 0 Å². The van der Waals surface area contributed by atoms with E-state index < -0.39 is 6.10 Å². The molecule has 1 atom stereocenters. The van der Waals surface area contributed by atoms with Crippen molar-refractivity contribution in [3.63, 3.8) is 0 Å². The smallest absolute Gasteiger partial charge is 0.117 e. The van der Waals surface area contributed by atoms with E-state index in [1.54, 1.807) is 0 Å². The fourth-order valence-electron chi connectivity index (χ4n) is 0.364. The quantitative estimate of drug-likeness (QED) is 0.545. The number of allylic oxidation sites excluding steroid dienone is 1. The standard InChI is InChI=1S/C9H14O/c1-7(2)5-6-9(10)8(3)4/h8-10H,1H2,2-4H3/t9-/m1/s1. The fraction of sp³-hybridized carbons (Fsp3) is 0.556. The molecule has 1 nitrogen and oxygen atoms in total. The van der Waals surface area contributed by atoms with Gasteiger partial charge in [-0.25, -0.2) is 0 Å². The lowest BCUT2D eigenvalue weighted by atomic mass is 10.1. The summed E-state index contributed by atoms with van der Waals surface area (Å²) in [7, 11) is 0. The van der Waals surface area contributed by atoms with E-state index in [9.17, 15) is 0 Å². The van der Waals surface area contributed by atoms with Gasteiger partial charge >= 0.3 is 0 Å². The summed E-state index contributed by atoms with van der Waals surface area (Å²) in [5.41, 5.74) is 0.791. The van der Waals surface area contributed by atoms with Crippen molar-refractivity contribution in [3.8, 4) is 11.8 Å². The molecule has 0 amide bonds. The van der Waals surface area contributed by atoms with Gasteiger partial charge in [-0.05, 0) is 18.4 Å². The van der Waals surface area contributed by atoms with Crippen LogP contribution in [0.5, 0.6) is 0 Å². The lowest BCUT2D eigenvalue weighted by Gasteiger charge is -2.04. The zero-order chi connectivity index (χ0) is 8.15. The third-order valence-corrected chi connectivity index (χ3v) is 1.06. The van der Waals surface area contributed by atoms with Gasteiger partial charge in [0.15, 0.2) is 0 Å². The Bertz CT molecular complexity index is 169. The molecule has 0 aliphatic rings. The second kappa shape index (κ2) is 4.14. The van der Waals surface area contributed by atoms with E-state index in [0.29, 0.717) is 0 Å². The molecule has 0 heterocycles. The van der Waals surface area contributed by atoms with Crippen LogP contribution >= 0.6 is 0 Å². The van der Waals surface area contributed by atoms with Gasteiger partial charge in [0.2, 0.25) is 0 Å². The zero-order valence-electron chi connectivity index (χ0n) is 6.81. The van der Waals surface area contributed by atoms with Crippen molar-refractivity contribution in [1.82, 2.24) is 0 Å². The summed E-state index contributed by atoms with van der Waals surface area (Å²) >= 11 is 0. The zero-order valence-corrected chi connectivity index (χ0v) is 6.81. The van der Waals surface area contributed by atoms with Crippen molar-refractivity contribution in [2.24, 2.45) is 5.92 Å². The van der Waals surface area contributed by atoms with Crippen LogP contribution in [0.15, 0.2) is 12.2 Å². The molecular formula is C9H14O. The maximum absolute atomic E-state index is 9.16. The first-order chi connectivity index (χ1) is 4.54. The summed E-state index contributed by atoms with van der Waals surface area (Å²) in [6, 6.07) is 0. The van der Waals surface area contributed by atoms with Gasteiger partial charge in [-0.1, -0.05) is 32.3 Å². The summed E-state index contributed by atoms with van der Waals surface area (Å²) in [4.78, 5) is 0. The maximum atomic E-state index is 9.16. The van der Waals surface area contributed by atoms with E-state index in [-0.39, 0.29) is 5.92 Å². The first kappa shape index (κ1) is 9.26. The first-order valence-corrected chi connectivity index (χ1v) is 3.39. The van der Waals surface area contributed by atoms with Crippen LogP contribution in [0, 0.1) is 17.8 Å². The molecule has 10 heavy (non-hydrogen) atoms. The van der Waals surface area contributed by atoms with E-state index in [1.807, 2.05) is 20.8 Å². The van der Waals surface area contributed by atoms with Gasteiger partial charge in [0, 0.05) is 0 Å². The maximum Gasteiger partial charge on any atom is 0.117 e. The molecular weight excluding hydrogens is 124 g/mol. The summed E-state index contributed by atoms with van der Waals surface area (Å²) in [5.74, 6) is 5.62. The van der Waals surface area contributed by atoms with Gasteiger partial charge in [-0.2, -0.15) is 0 Å². The summed E-state index contributed by atoms with van der Waals surface area (Å²) in [6.07, 6.45) is -0.517. The molecule has 0 aromatic heterocycles. The van der Waals surface area contributed by atoms with Crippen LogP contribution in [0.2, 0.25) is 0 Å². The molecule has 0 aromatic rings. The van der Waals surface area contributed by atoms with Crippen molar-refractivity contribution in [1.29, 1.82) is 0 Å². The molecule has 0 aliphatic heterocycles. The van der Waals surface area contributed by atoms with Crippen molar-refractivity contribution in [2.45, 2.75) is 26.9 Å². The number of aliphatic hydroxyl groups excluding tert-OH is 1. The molecule has 0 spiro atoms. The largest absolute Gasteiger partial charge is 0.380 e. The Balaban J connectivity index is 3.92. The number of hydrogen-bond acceptors (Lipinski definition) is 1. The second-order valence-electron chi connectivity index (χ2n) is 2.74. The average Bonchev–Trinajstić information content (AvgIpc) is 1.82. The van der Waals surface area contributed by atoms with Crippen LogP contribution in [0.4, 0.5) is 0 Å². The fourth-order valence-corrected chi connectivity index (χ4v) is 0.364. The summed E-state index contributed by atoms with van der Waals surface area (Å²) in [5, 5.41) is 9.16. The topological polar surface area (TPSA) is 20.2 Å². The van der Waals surface area contributed by atoms with Gasteiger partial charge in [-0.15, -0.1) is 0 Å². The van der Waals surface area contributed by atoms with Crippen LogP contribution in [-0.4, -0.2) is 11.2 Å². The van der Waals surface area contributed by atoms with Crippen molar-refractivity contribution in [2.75, 3.05) is 0 Å². The normalized spacial score (nSPS) is 12.1. The first-order valence-electron chi connectivity index (χ1n) is 3.39. The highest BCUT2D eigenvalue weighted by molar-refractivity contribution is 5.24. The van der Waals surface area contributed by atoms with Crippen LogP contribution in [-0.2, 0) is 0 Å². The molecule has 0 saturated carbocycles. The molecule has 0 radical (unpaired) electrons. The van der Waals surface area contributed by atoms with Crippen LogP contribution < -0.4 is 0 Å². The summed E-state index contributed by atoms with van der Waals surface area (Å²) < 4.78 is 0. The van der Waals surface area contributed by atoms with E-state index in [2.05, 4.69) is 18.4 Å². The monoisotopic (exact) mass is 138 g/mol. The Morgan fingerprint density at radius 2 is 2.00 bits per heavy atom. The minimum Gasteiger partial charge on any atom is -0.380 e. The number of hydrogen-bond donors (Lipinski definition) is 1. The van der Waals surface area contributed by atoms with Gasteiger partial charge < -0.3 is 5.11 Å². The molecule has 0 aliphatic carbocycles. The average molecular weight is 138 g/mol. The molecule has 0 fully saturated rings. The Labute approximate surface area is 62.8 Å². The summed E-state index contributed by atoms with van der Waals surface area (Å²) in [6.45, 7) is 9.28. The van der Waals surface area contributed by atoms with Gasteiger partial charge in [0.1, 0.15) is 6.10 Å². The molecule has 56 valence electrons. The van der Waals surface area contributed by atoms with E-state index in [0.717, 1.165) is 5.57 Å². The van der Waals surface area contributed by atoms with Crippen molar-refractivity contribution >= 4 is 0 Å². The third kappa shape index (κ3) is 4.17. The highest BCUT2D eigenvalue weighted by Gasteiger charge is 2.02. The van der Waals surface area contributed by atoms with Crippen LogP contribution in [0.3, 0.4) is 0 Å². The predicted octanol–water partition coefficient (Wildman–Crippen LogP) is 1.58. The molecule has 0 saturated heterocycles. The minimum atomic E-state index is -0.517. The number of aliphatic hydroxyl groups is 1. The lowest BCUT2D eigenvalue weighted by molar-refractivity contribution is 0.181. The lowest BCUT2D eigenvalue weighted by Crippen LogP contribution is -2.11. The highest BCUT2D eigenvalue weighted by Crippen LogP contribution is 1.98. The van der Waals surface area contributed by atoms with E-state index in [4.69, 9.17) is 5.11 Å². The Morgan fingerprint density at radius 3 is 2.30 bits per heavy atom. The van der Waals surface area contributed by atoms with Crippen LogP contribution in [0.25, 0.3) is 0 Å². The Morgan fingerprint density at radius 1 is 1.50 bits per heavy atom. The minimum absolute atomic E-state index is 0.201. The molecule has 0 aromatic carbocycles. The van der Waals surface area contributed by atoms with E-state index >= 15 is 0 Å². The SMILES string of the molecule is C=C(C)C#C[C@@H](O)C(C)C. The highest BCUT2D eigenvalue weighted by atomic mass is 16.3. The van der Waals surface area contributed by atoms with Gasteiger partial charge in [0.25, 0.3) is 0 Å². The molecule has 0 unspecified atom stereocenters. The molecule has 1 N–H and O–H groups in total. The Kier molecular flexibility index (Phi) is 3.83. The predicted molar refractivity (Wildman–Crippen MR) is 43.4 cm³/mol. The van der Waals surface area contributed by atoms with E-state index in [1.165, 1.54) is 0 Å². The molecule has 0 bridgehead atoms. The second-order valence-corrected chi connectivity index (χ2v) is 2.74. The molecule has 0 rings (SSSR count). The molecule has 1 heteroatoms. The van der Waals surface area contributed by atoms with Crippen molar-refractivity contribution in [3.05, 3.63) is 12.2 Å².